The smallest absolute Gasteiger partial charge is 0.264 e. The molecule has 0 amide bonds. The Morgan fingerprint density at radius 1 is 0.560 bits per heavy atom. The molecule has 0 unspecified atom stereocenters. The zero-order chi connectivity index (χ0) is 65.3. The molecule has 0 bridgehead atoms. The van der Waals surface area contributed by atoms with Crippen LogP contribution in [-0.2, 0) is 66.4 Å². The Balaban J connectivity index is 0.000000210. The molecule has 0 aliphatic carbocycles. The van der Waals surface area contributed by atoms with Gasteiger partial charge < -0.3 is 50.0 Å². The van der Waals surface area contributed by atoms with Gasteiger partial charge in [0.2, 0.25) is 20.0 Å². The van der Waals surface area contributed by atoms with Crippen LogP contribution in [0.4, 0.5) is 11.6 Å². The average molecular weight is 1320 g/mol. The van der Waals surface area contributed by atoms with E-state index in [1.165, 1.54) is 36.0 Å². The maximum absolute atomic E-state index is 12.6. The van der Waals surface area contributed by atoms with Crippen molar-refractivity contribution in [2.75, 3.05) is 68.9 Å². The fourth-order valence-corrected chi connectivity index (χ4v) is 12.5. The predicted octanol–water partition coefficient (Wildman–Crippen LogP) is 4.44. The number of nitrogens with zero attached hydrogens (tertiary/aromatic N) is 8. The molecule has 91 heavy (non-hydrogen) atoms. The fraction of sp³-hybridized carbons (Fsp3) is 0.443. The molecule has 2 saturated heterocycles. The first-order valence-corrected chi connectivity index (χ1v) is 34.8. The van der Waals surface area contributed by atoms with Crippen molar-refractivity contribution in [1.29, 1.82) is 0 Å². The highest BCUT2D eigenvalue weighted by Crippen LogP contribution is 2.36. The minimum atomic E-state index is -3.76. The van der Waals surface area contributed by atoms with Gasteiger partial charge in [-0.25, -0.2) is 56.6 Å². The number of sulfonamides is 2. The third-order valence-electron chi connectivity index (χ3n) is 15.0. The number of rotatable bonds is 28. The number of hydrogen-bond donors (Lipinski definition) is 8. The van der Waals surface area contributed by atoms with E-state index in [1.54, 1.807) is 0 Å². The van der Waals surface area contributed by atoms with Crippen molar-refractivity contribution in [3.8, 4) is 0 Å². The van der Waals surface area contributed by atoms with Crippen LogP contribution in [0.25, 0.3) is 22.3 Å². The van der Waals surface area contributed by atoms with E-state index in [0.717, 1.165) is 41.4 Å². The summed E-state index contributed by atoms with van der Waals surface area (Å²) in [6.07, 6.45) is -1.72. The SMILES string of the molecule is CCCCS(=O)(=O)NCc1nc(NCC(c2ccccc2)c2ccccc2)c2ncn([C@@H]3O[C@H](COC)[C@@H](O)[C@H]3O)c2n1.CCCCS(N)(=O)=O.COC[C@H]1O[C@@H](n2cnc3c(NCC(c4ccccc4)c4ccccc4)nc(COS(C)(=O)=O)nc32)[C@H](O)[C@@H]1O. The van der Waals surface area contributed by atoms with Crippen LogP contribution in [0.5, 0.6) is 0 Å². The number of anilines is 2. The van der Waals surface area contributed by atoms with Crippen molar-refractivity contribution in [3.05, 3.63) is 168 Å². The number of benzene rings is 4. The molecule has 10 rings (SSSR count). The summed E-state index contributed by atoms with van der Waals surface area (Å²) in [5.74, 6) is 1.13. The Morgan fingerprint density at radius 3 is 1.31 bits per heavy atom. The number of unbranched alkanes of at least 4 members (excludes halogenated alkanes) is 2. The van der Waals surface area contributed by atoms with Gasteiger partial charge in [0.25, 0.3) is 10.1 Å². The highest BCUT2D eigenvalue weighted by Gasteiger charge is 2.46. The average Bonchev–Trinajstić information content (AvgIpc) is 1.66. The maximum atomic E-state index is 12.6. The van der Waals surface area contributed by atoms with Gasteiger partial charge in [0.05, 0.1) is 50.2 Å². The maximum Gasteiger partial charge on any atom is 0.264 e. The van der Waals surface area contributed by atoms with Gasteiger partial charge in [-0.05, 0) is 35.1 Å². The molecule has 2 aliphatic rings. The number of primary sulfonamides is 1. The summed E-state index contributed by atoms with van der Waals surface area (Å²) < 4.78 is 101. The van der Waals surface area contributed by atoms with Gasteiger partial charge in [0.1, 0.15) is 49.1 Å². The van der Waals surface area contributed by atoms with E-state index in [1.807, 2.05) is 86.6 Å². The number of ether oxygens (including phenoxy) is 4. The van der Waals surface area contributed by atoms with Gasteiger partial charge in [0, 0.05) is 39.1 Å². The van der Waals surface area contributed by atoms with Gasteiger partial charge in [-0.3, -0.25) is 13.3 Å². The summed E-state index contributed by atoms with van der Waals surface area (Å²) in [6, 6.07) is 40.3. The van der Waals surface area contributed by atoms with Crippen LogP contribution >= 0.6 is 0 Å². The third-order valence-corrected chi connectivity index (χ3v) is 17.8. The van der Waals surface area contributed by atoms with Crippen LogP contribution in [0.3, 0.4) is 0 Å². The molecule has 0 saturated carbocycles. The summed E-state index contributed by atoms with van der Waals surface area (Å²) in [5.41, 5.74) is 5.81. The lowest BCUT2D eigenvalue weighted by Crippen LogP contribution is -2.33. The number of aliphatic hydroxyl groups is 4. The van der Waals surface area contributed by atoms with Crippen LogP contribution in [-0.4, -0.2) is 180 Å². The van der Waals surface area contributed by atoms with E-state index in [4.69, 9.17) is 28.3 Å². The van der Waals surface area contributed by atoms with E-state index < -0.39 is 85.9 Å². The highest BCUT2D eigenvalue weighted by atomic mass is 32.2. The molecule has 30 heteroatoms. The molecule has 4 aromatic heterocycles. The molecule has 27 nitrogen and oxygen atoms in total. The van der Waals surface area contributed by atoms with E-state index in [0.29, 0.717) is 54.2 Å². The van der Waals surface area contributed by atoms with Crippen LogP contribution < -0.4 is 20.5 Å². The van der Waals surface area contributed by atoms with Crippen LogP contribution in [0, 0.1) is 0 Å². The normalized spacial score (nSPS) is 20.2. The second kappa shape index (κ2) is 32.5. The van der Waals surface area contributed by atoms with Crippen molar-refractivity contribution >= 4 is 64.1 Å². The second-order valence-corrected chi connectivity index (χ2v) is 27.1. The molecule has 8 aromatic rings. The Hall–Kier alpha value is -7.01. The first-order valence-electron chi connectivity index (χ1n) is 29.6. The van der Waals surface area contributed by atoms with E-state index in [2.05, 4.69) is 93.8 Å². The molecular formula is C61H80N12O15S3. The second-order valence-electron chi connectivity index (χ2n) is 21.8. The summed E-state index contributed by atoms with van der Waals surface area (Å²) in [4.78, 5) is 27.3. The Kier molecular flexibility index (Phi) is 25.0. The largest absolute Gasteiger partial charge is 0.387 e. The first-order chi connectivity index (χ1) is 43.6. The minimum Gasteiger partial charge on any atom is -0.387 e. The number of imidazole rings is 2. The molecule has 2 fully saturated rings. The summed E-state index contributed by atoms with van der Waals surface area (Å²) in [7, 11) is -7.52. The number of methoxy groups -OCH3 is 2. The topological polar surface area (TPSA) is 379 Å². The van der Waals surface area contributed by atoms with Crippen molar-refractivity contribution < 1.29 is 68.8 Å². The summed E-state index contributed by atoms with van der Waals surface area (Å²) in [5, 5.41) is 54.0. The molecule has 0 radical (unpaired) electrons. The molecular weight excluding hydrogens is 1240 g/mol. The van der Waals surface area contributed by atoms with Crippen molar-refractivity contribution in [2.45, 2.75) is 114 Å². The van der Waals surface area contributed by atoms with E-state index in [9.17, 15) is 45.7 Å². The fourth-order valence-electron chi connectivity index (χ4n) is 10.3. The lowest BCUT2D eigenvalue weighted by Gasteiger charge is -2.20. The third kappa shape index (κ3) is 19.1. The van der Waals surface area contributed by atoms with Gasteiger partial charge in [0.15, 0.2) is 52.2 Å². The van der Waals surface area contributed by atoms with Gasteiger partial charge in [-0.1, -0.05) is 148 Å². The van der Waals surface area contributed by atoms with Gasteiger partial charge in [-0.15, -0.1) is 0 Å². The predicted molar refractivity (Wildman–Crippen MR) is 341 cm³/mol. The molecule has 0 spiro atoms. The van der Waals surface area contributed by atoms with Crippen molar-refractivity contribution in [1.82, 2.24) is 43.8 Å². The molecule has 6 heterocycles. The number of nitrogens with one attached hydrogen (secondary N) is 3. The number of hydrogen-bond acceptors (Lipinski definition) is 23. The Morgan fingerprint density at radius 2 is 0.945 bits per heavy atom. The standard InChI is InChI=1S/C30H38N6O6S.C27H31N5O7S.C4H11NO2S/c1-3-4-15-43(39,40)33-17-24-34-28(31-16-22(20-11-7-5-8-12-20)21-13-9-6-10-14-21)25-29(35-24)36(19-32-25)30-27(38)26(37)23(42-30)18-41-2;1-37-14-20-23(33)24(34)27(39-20)32-16-29-22-25(30-21(31-26(22)32)15-38-40(2,35)36)28-13-19(17-9-5-3-6-10-17)18-11-7-4-8-12-18;1-2-3-4-8(5,6)7/h5-14,19,22-23,26-27,30,33,37-38H,3-4,15-18H2,1-2H3,(H,31,34,35);3-12,16,19-20,23-24,27,33-34H,13-15H2,1-2H3,(H,28,30,31);2-4H2,1H3,(H2,5,6,7)/t23-,26-,27-,30-;20-,23-,24-,27-;/m11./s1. The minimum absolute atomic E-state index is 0.00545. The van der Waals surface area contributed by atoms with Crippen LogP contribution in [0.1, 0.15) is 97.7 Å². The lowest BCUT2D eigenvalue weighted by molar-refractivity contribution is -0.0580. The van der Waals surface area contributed by atoms with E-state index >= 15 is 0 Å². The Bertz CT molecular complexity index is 3840. The number of aromatic nitrogens is 8. The molecule has 492 valence electrons. The monoisotopic (exact) mass is 1320 g/mol. The van der Waals surface area contributed by atoms with Crippen molar-refractivity contribution in [2.24, 2.45) is 5.14 Å². The summed E-state index contributed by atoms with van der Waals surface area (Å²) in [6.45, 7) is 4.39. The Labute approximate surface area is 529 Å². The number of nitrogens with two attached hydrogens (primary N) is 1. The molecule has 4 aromatic carbocycles. The molecule has 8 atom stereocenters. The zero-order valence-electron chi connectivity index (χ0n) is 51.1. The summed E-state index contributed by atoms with van der Waals surface area (Å²) >= 11 is 0. The van der Waals surface area contributed by atoms with E-state index in [-0.39, 0.29) is 60.4 Å². The van der Waals surface area contributed by atoms with Gasteiger partial charge >= 0.3 is 0 Å². The highest BCUT2D eigenvalue weighted by molar-refractivity contribution is 7.89. The van der Waals surface area contributed by atoms with Crippen molar-refractivity contribution in [3.63, 3.8) is 0 Å². The van der Waals surface area contributed by atoms with Crippen LogP contribution in [0.15, 0.2) is 134 Å². The number of fused-ring (bicyclic) bond motifs is 2. The lowest BCUT2D eigenvalue weighted by atomic mass is 9.91. The zero-order valence-corrected chi connectivity index (χ0v) is 53.6. The first kappa shape index (κ1) is 69.9. The quantitative estimate of drug-likeness (QED) is 0.0314. The molecule has 9 N–H and O–H groups in total. The molecule has 2 aliphatic heterocycles. The number of aliphatic hydroxyl groups excluding tert-OH is 4. The van der Waals surface area contributed by atoms with Gasteiger partial charge in [-0.2, -0.15) is 8.42 Å². The van der Waals surface area contributed by atoms with Crippen LogP contribution in [0.2, 0.25) is 0 Å².